The number of hydrogen-bond donors (Lipinski definition) is 0. The van der Waals surface area contributed by atoms with Crippen molar-refractivity contribution in [3.8, 4) is 11.5 Å². The third-order valence-corrected chi connectivity index (χ3v) is 4.14. The fraction of sp³-hybridized carbons (Fsp3) is 0.333. The molecule has 1 aliphatic rings. The van der Waals surface area contributed by atoms with Crippen LogP contribution in [0.15, 0.2) is 24.3 Å². The van der Waals surface area contributed by atoms with Crippen molar-refractivity contribution in [2.45, 2.75) is 19.3 Å². The van der Waals surface area contributed by atoms with Gasteiger partial charge in [0.1, 0.15) is 11.3 Å². The summed E-state index contributed by atoms with van der Waals surface area (Å²) in [7, 11) is 1.17. The average Bonchev–Trinajstić information content (AvgIpc) is 2.68. The SMILES string of the molecule is COC(=O)c1ccccc1Oc1c(F)c(F)nc(N2CCCCC2)c1F. The van der Waals surface area contributed by atoms with Gasteiger partial charge in [0.15, 0.2) is 5.82 Å². The second-order valence-electron chi connectivity index (χ2n) is 5.82. The van der Waals surface area contributed by atoms with Crippen molar-refractivity contribution in [3.63, 3.8) is 0 Å². The number of piperidine rings is 1. The number of ether oxygens (including phenoxy) is 2. The Morgan fingerprint density at radius 1 is 1.08 bits per heavy atom. The number of halogens is 3. The van der Waals surface area contributed by atoms with Gasteiger partial charge < -0.3 is 14.4 Å². The topological polar surface area (TPSA) is 51.7 Å². The molecule has 1 aromatic heterocycles. The van der Waals surface area contributed by atoms with Crippen LogP contribution < -0.4 is 9.64 Å². The molecule has 0 N–H and O–H groups in total. The van der Waals surface area contributed by atoms with E-state index in [1.165, 1.54) is 31.4 Å². The zero-order valence-electron chi connectivity index (χ0n) is 14.1. The number of carbonyl (C=O) groups excluding carboxylic acids is 1. The number of carbonyl (C=O) groups is 1. The van der Waals surface area contributed by atoms with Crippen LogP contribution in [0.5, 0.6) is 11.5 Å². The lowest BCUT2D eigenvalue weighted by Gasteiger charge is -2.28. The smallest absolute Gasteiger partial charge is 0.341 e. The van der Waals surface area contributed by atoms with Gasteiger partial charge in [0.25, 0.3) is 5.95 Å². The number of benzene rings is 1. The zero-order valence-corrected chi connectivity index (χ0v) is 14.1. The van der Waals surface area contributed by atoms with Crippen LogP contribution in [0.2, 0.25) is 0 Å². The van der Waals surface area contributed by atoms with Crippen molar-refractivity contribution in [2.24, 2.45) is 0 Å². The molecule has 3 rings (SSSR count). The predicted octanol–water partition coefficient (Wildman–Crippen LogP) is 4.07. The summed E-state index contributed by atoms with van der Waals surface area (Å²) in [5, 5.41) is 0. The summed E-state index contributed by atoms with van der Waals surface area (Å²) < 4.78 is 52.8. The molecule has 8 heteroatoms. The van der Waals surface area contributed by atoms with E-state index in [9.17, 15) is 18.0 Å². The number of rotatable bonds is 4. The number of pyridine rings is 1. The third-order valence-electron chi connectivity index (χ3n) is 4.14. The molecule has 138 valence electrons. The normalized spacial score (nSPS) is 14.2. The first-order chi connectivity index (χ1) is 12.5. The van der Waals surface area contributed by atoms with Crippen molar-refractivity contribution in [2.75, 3.05) is 25.1 Å². The Morgan fingerprint density at radius 2 is 1.77 bits per heavy atom. The molecule has 26 heavy (non-hydrogen) atoms. The second kappa shape index (κ2) is 7.63. The van der Waals surface area contributed by atoms with E-state index in [2.05, 4.69) is 9.72 Å². The van der Waals surface area contributed by atoms with Crippen molar-refractivity contribution < 1.29 is 27.4 Å². The Morgan fingerprint density at radius 3 is 2.46 bits per heavy atom. The van der Waals surface area contributed by atoms with Gasteiger partial charge in [-0.1, -0.05) is 12.1 Å². The average molecular weight is 366 g/mol. The van der Waals surface area contributed by atoms with Crippen LogP contribution in [0.4, 0.5) is 19.0 Å². The Kier molecular flexibility index (Phi) is 5.29. The maximum absolute atomic E-state index is 14.8. The maximum atomic E-state index is 14.8. The highest BCUT2D eigenvalue weighted by molar-refractivity contribution is 5.92. The molecule has 0 aliphatic carbocycles. The highest BCUT2D eigenvalue weighted by Gasteiger charge is 2.27. The van der Waals surface area contributed by atoms with E-state index in [-0.39, 0.29) is 17.1 Å². The minimum Gasteiger partial charge on any atom is -0.465 e. The molecular formula is C18H17F3N2O3. The van der Waals surface area contributed by atoms with Crippen LogP contribution in [0.1, 0.15) is 29.6 Å². The quantitative estimate of drug-likeness (QED) is 0.603. The van der Waals surface area contributed by atoms with Crippen LogP contribution >= 0.6 is 0 Å². The van der Waals surface area contributed by atoms with E-state index in [1.807, 2.05) is 0 Å². The first-order valence-electron chi connectivity index (χ1n) is 8.17. The van der Waals surface area contributed by atoms with E-state index < -0.39 is 29.3 Å². The molecule has 0 atom stereocenters. The molecule has 2 aromatic rings. The summed E-state index contributed by atoms with van der Waals surface area (Å²) >= 11 is 0. The maximum Gasteiger partial charge on any atom is 0.341 e. The minimum atomic E-state index is -1.55. The Balaban J connectivity index is 2.03. The summed E-state index contributed by atoms with van der Waals surface area (Å²) in [5.74, 6) is -6.24. The zero-order chi connectivity index (χ0) is 18.7. The van der Waals surface area contributed by atoms with Gasteiger partial charge in [-0.05, 0) is 31.4 Å². The highest BCUT2D eigenvalue weighted by Crippen LogP contribution is 2.35. The fourth-order valence-electron chi connectivity index (χ4n) is 2.83. The summed E-state index contributed by atoms with van der Waals surface area (Å²) in [4.78, 5) is 16.8. The summed E-state index contributed by atoms with van der Waals surface area (Å²) in [6, 6.07) is 5.77. The van der Waals surface area contributed by atoms with Gasteiger partial charge >= 0.3 is 5.97 Å². The Bertz CT molecular complexity index is 824. The largest absolute Gasteiger partial charge is 0.465 e. The second-order valence-corrected chi connectivity index (χ2v) is 5.82. The summed E-state index contributed by atoms with van der Waals surface area (Å²) in [5.41, 5.74) is -0.0365. The Labute approximate surface area is 148 Å². The molecule has 0 bridgehead atoms. The van der Waals surface area contributed by atoms with Gasteiger partial charge in [-0.15, -0.1) is 0 Å². The molecule has 0 amide bonds. The molecule has 0 spiro atoms. The molecule has 1 saturated heterocycles. The molecule has 5 nitrogen and oxygen atoms in total. The number of para-hydroxylation sites is 1. The lowest BCUT2D eigenvalue weighted by atomic mass is 10.1. The van der Waals surface area contributed by atoms with Crippen LogP contribution in [0, 0.1) is 17.6 Å². The molecule has 1 aromatic carbocycles. The molecule has 1 aliphatic heterocycles. The first kappa shape index (κ1) is 18.0. The number of hydrogen-bond acceptors (Lipinski definition) is 5. The van der Waals surface area contributed by atoms with Gasteiger partial charge in [-0.25, -0.2) is 4.79 Å². The van der Waals surface area contributed by atoms with Gasteiger partial charge in [0.05, 0.1) is 7.11 Å². The number of methoxy groups -OCH3 is 1. The monoisotopic (exact) mass is 366 g/mol. The molecule has 0 radical (unpaired) electrons. The van der Waals surface area contributed by atoms with Crippen LogP contribution in [-0.4, -0.2) is 31.2 Å². The van der Waals surface area contributed by atoms with E-state index in [4.69, 9.17) is 4.74 Å². The summed E-state index contributed by atoms with van der Waals surface area (Å²) in [6.45, 7) is 0.986. The number of nitrogens with zero attached hydrogens (tertiary/aromatic N) is 2. The molecule has 0 unspecified atom stereocenters. The molecule has 0 saturated carbocycles. The lowest BCUT2D eigenvalue weighted by Crippen LogP contribution is -2.31. The molecule has 1 fully saturated rings. The van der Waals surface area contributed by atoms with Gasteiger partial charge in [-0.3, -0.25) is 0 Å². The van der Waals surface area contributed by atoms with Crippen molar-refractivity contribution in [1.29, 1.82) is 0 Å². The minimum absolute atomic E-state index is 0.0365. The van der Waals surface area contributed by atoms with Crippen molar-refractivity contribution in [3.05, 3.63) is 47.4 Å². The van der Waals surface area contributed by atoms with Gasteiger partial charge in [-0.2, -0.15) is 18.2 Å². The van der Waals surface area contributed by atoms with Crippen molar-refractivity contribution in [1.82, 2.24) is 4.98 Å². The van der Waals surface area contributed by atoms with E-state index in [0.29, 0.717) is 13.1 Å². The van der Waals surface area contributed by atoms with E-state index in [0.717, 1.165) is 19.3 Å². The van der Waals surface area contributed by atoms with Crippen molar-refractivity contribution >= 4 is 11.8 Å². The van der Waals surface area contributed by atoms with E-state index in [1.54, 1.807) is 4.90 Å². The fourth-order valence-corrected chi connectivity index (χ4v) is 2.83. The van der Waals surface area contributed by atoms with E-state index >= 15 is 0 Å². The lowest BCUT2D eigenvalue weighted by molar-refractivity contribution is 0.0597. The number of aromatic nitrogens is 1. The number of esters is 1. The van der Waals surface area contributed by atoms with Crippen LogP contribution in [-0.2, 0) is 4.74 Å². The third kappa shape index (κ3) is 3.44. The summed E-state index contributed by atoms with van der Waals surface area (Å²) in [6.07, 6.45) is 2.60. The van der Waals surface area contributed by atoms with Gasteiger partial charge in [0.2, 0.25) is 17.4 Å². The van der Waals surface area contributed by atoms with Crippen LogP contribution in [0.25, 0.3) is 0 Å². The van der Waals surface area contributed by atoms with Crippen LogP contribution in [0.3, 0.4) is 0 Å². The number of anilines is 1. The standard InChI is InChI=1S/C18H17F3N2O3/c1-25-18(24)11-7-3-4-8-12(11)26-15-13(19)16(21)22-17(14(15)20)23-9-5-2-6-10-23/h3-4,7-8H,2,5-6,9-10H2,1H3. The molecule has 2 heterocycles. The highest BCUT2D eigenvalue weighted by atomic mass is 19.2. The predicted molar refractivity (Wildman–Crippen MR) is 88.0 cm³/mol. The first-order valence-corrected chi connectivity index (χ1v) is 8.17. The molecular weight excluding hydrogens is 349 g/mol. The van der Waals surface area contributed by atoms with Gasteiger partial charge in [0, 0.05) is 13.1 Å². The Hall–Kier alpha value is -2.77.